The van der Waals surface area contributed by atoms with Crippen LogP contribution in [0.15, 0.2) is 23.9 Å². The van der Waals surface area contributed by atoms with Crippen molar-refractivity contribution in [3.05, 3.63) is 46.2 Å². The van der Waals surface area contributed by atoms with E-state index in [1.807, 2.05) is 12.1 Å². The molecule has 0 bridgehead atoms. The van der Waals surface area contributed by atoms with E-state index >= 15 is 0 Å². The van der Waals surface area contributed by atoms with Crippen LogP contribution in [0.2, 0.25) is 0 Å². The molecule has 1 unspecified atom stereocenters. The van der Waals surface area contributed by atoms with E-state index in [2.05, 4.69) is 32.9 Å². The number of allylic oxidation sites excluding steroid dienone is 2. The lowest BCUT2D eigenvalue weighted by molar-refractivity contribution is 0.802. The van der Waals surface area contributed by atoms with Gasteiger partial charge in [-0.2, -0.15) is 5.26 Å². The number of fused-ring (bicyclic) bond motifs is 1. The Bertz CT molecular complexity index is 518. The van der Waals surface area contributed by atoms with Gasteiger partial charge in [0.05, 0.1) is 11.6 Å². The number of benzene rings is 1. The van der Waals surface area contributed by atoms with Crippen LogP contribution in [0.5, 0.6) is 0 Å². The second kappa shape index (κ2) is 4.25. The van der Waals surface area contributed by atoms with Crippen LogP contribution < -0.4 is 5.73 Å². The van der Waals surface area contributed by atoms with Gasteiger partial charge in [-0.3, -0.25) is 0 Å². The lowest BCUT2D eigenvalue weighted by Gasteiger charge is -2.25. The molecule has 1 aliphatic carbocycles. The van der Waals surface area contributed by atoms with Crippen LogP contribution in [0.4, 0.5) is 0 Å². The number of hydrogen-bond donors (Lipinski definition) is 1. The van der Waals surface area contributed by atoms with Crippen molar-refractivity contribution in [2.45, 2.75) is 39.0 Å². The van der Waals surface area contributed by atoms with Crippen molar-refractivity contribution in [2.24, 2.45) is 5.73 Å². The minimum Gasteiger partial charge on any atom is -0.402 e. The Morgan fingerprint density at radius 2 is 2.12 bits per heavy atom. The van der Waals surface area contributed by atoms with E-state index in [4.69, 9.17) is 11.0 Å². The molecule has 2 heteroatoms. The zero-order valence-electron chi connectivity index (χ0n) is 10.6. The van der Waals surface area contributed by atoms with Gasteiger partial charge in [-0.15, -0.1) is 0 Å². The number of rotatable bonds is 1. The Labute approximate surface area is 103 Å². The van der Waals surface area contributed by atoms with Gasteiger partial charge >= 0.3 is 0 Å². The number of hydrogen-bond acceptors (Lipinski definition) is 2. The summed E-state index contributed by atoms with van der Waals surface area (Å²) in [5.74, 6) is 0.736. The quantitative estimate of drug-likeness (QED) is 0.799. The van der Waals surface area contributed by atoms with Crippen molar-refractivity contribution >= 4 is 0 Å². The third-order valence-corrected chi connectivity index (χ3v) is 3.41. The summed E-state index contributed by atoms with van der Waals surface area (Å²) in [6.45, 7) is 6.46. The SMILES string of the molecule is CC(C)c1cc(C#N)cc2c1CC(N)=CC2C. The van der Waals surface area contributed by atoms with Crippen molar-refractivity contribution in [1.82, 2.24) is 0 Å². The molecule has 0 aromatic heterocycles. The predicted octanol–water partition coefficient (Wildman–Crippen LogP) is 3.18. The molecule has 1 aromatic carbocycles. The zero-order chi connectivity index (χ0) is 12.6. The standard InChI is InChI=1S/C15H18N2/c1-9(2)13-5-11(8-16)6-14-10(3)4-12(17)7-15(13)14/h4-6,9-10H,7,17H2,1-3H3. The fraction of sp³-hybridized carbons (Fsp3) is 0.400. The molecule has 0 heterocycles. The molecule has 0 saturated heterocycles. The van der Waals surface area contributed by atoms with E-state index in [-0.39, 0.29) is 0 Å². The largest absolute Gasteiger partial charge is 0.402 e. The molecule has 0 amide bonds. The van der Waals surface area contributed by atoms with Crippen LogP contribution in [-0.2, 0) is 6.42 Å². The van der Waals surface area contributed by atoms with Crippen molar-refractivity contribution in [3.63, 3.8) is 0 Å². The molecule has 2 nitrogen and oxygen atoms in total. The van der Waals surface area contributed by atoms with Gasteiger partial charge in [0.25, 0.3) is 0 Å². The van der Waals surface area contributed by atoms with Gasteiger partial charge < -0.3 is 5.73 Å². The Morgan fingerprint density at radius 3 is 2.71 bits per heavy atom. The average Bonchev–Trinajstić information content (AvgIpc) is 2.27. The van der Waals surface area contributed by atoms with E-state index in [9.17, 15) is 0 Å². The van der Waals surface area contributed by atoms with E-state index in [1.54, 1.807) is 0 Å². The summed E-state index contributed by atoms with van der Waals surface area (Å²) >= 11 is 0. The highest BCUT2D eigenvalue weighted by Gasteiger charge is 2.20. The minimum atomic E-state index is 0.310. The van der Waals surface area contributed by atoms with Crippen molar-refractivity contribution in [2.75, 3.05) is 0 Å². The number of nitriles is 1. The van der Waals surface area contributed by atoms with Gasteiger partial charge in [0.15, 0.2) is 0 Å². The number of nitrogens with zero attached hydrogens (tertiary/aromatic N) is 1. The molecule has 0 fully saturated rings. The summed E-state index contributed by atoms with van der Waals surface area (Å²) in [5.41, 5.74) is 11.5. The van der Waals surface area contributed by atoms with Crippen LogP contribution >= 0.6 is 0 Å². The van der Waals surface area contributed by atoms with Gasteiger partial charge in [-0.1, -0.05) is 26.8 Å². The first-order valence-corrected chi connectivity index (χ1v) is 6.06. The summed E-state index contributed by atoms with van der Waals surface area (Å²) in [6, 6.07) is 6.27. The third kappa shape index (κ3) is 2.06. The summed E-state index contributed by atoms with van der Waals surface area (Å²) in [6.07, 6.45) is 2.91. The Morgan fingerprint density at radius 1 is 1.41 bits per heavy atom. The van der Waals surface area contributed by atoms with Crippen LogP contribution in [0, 0.1) is 11.3 Å². The molecule has 17 heavy (non-hydrogen) atoms. The van der Waals surface area contributed by atoms with Crippen molar-refractivity contribution in [3.8, 4) is 6.07 Å². The summed E-state index contributed by atoms with van der Waals surface area (Å²) in [4.78, 5) is 0. The molecule has 1 atom stereocenters. The molecule has 0 aliphatic heterocycles. The number of nitrogens with two attached hydrogens (primary N) is 1. The highest BCUT2D eigenvalue weighted by atomic mass is 14.6. The van der Waals surface area contributed by atoms with E-state index in [1.165, 1.54) is 16.7 Å². The highest BCUT2D eigenvalue weighted by molar-refractivity contribution is 5.51. The van der Waals surface area contributed by atoms with Crippen LogP contribution in [-0.4, -0.2) is 0 Å². The molecule has 0 saturated carbocycles. The minimum absolute atomic E-state index is 0.310. The lowest BCUT2D eigenvalue weighted by Crippen LogP contribution is -2.15. The third-order valence-electron chi connectivity index (χ3n) is 3.41. The lowest BCUT2D eigenvalue weighted by atomic mass is 9.81. The summed E-state index contributed by atoms with van der Waals surface area (Å²) in [5, 5.41) is 9.09. The first-order valence-electron chi connectivity index (χ1n) is 6.06. The van der Waals surface area contributed by atoms with Gasteiger partial charge in [-0.25, -0.2) is 0 Å². The maximum Gasteiger partial charge on any atom is 0.0991 e. The van der Waals surface area contributed by atoms with Gasteiger partial charge in [0.2, 0.25) is 0 Å². The summed E-state index contributed by atoms with van der Waals surface area (Å²) in [7, 11) is 0. The fourth-order valence-electron chi connectivity index (χ4n) is 2.58. The molecule has 2 N–H and O–H groups in total. The molecular formula is C15H18N2. The first-order chi connectivity index (χ1) is 8.02. The second-order valence-corrected chi connectivity index (χ2v) is 5.11. The molecular weight excluding hydrogens is 208 g/mol. The maximum absolute atomic E-state index is 9.09. The van der Waals surface area contributed by atoms with Crippen LogP contribution in [0.1, 0.15) is 54.9 Å². The van der Waals surface area contributed by atoms with Gasteiger partial charge in [0.1, 0.15) is 0 Å². The van der Waals surface area contributed by atoms with Gasteiger partial charge in [-0.05, 0) is 34.7 Å². The topological polar surface area (TPSA) is 49.8 Å². The maximum atomic E-state index is 9.09. The molecule has 1 aliphatic rings. The van der Waals surface area contributed by atoms with Crippen LogP contribution in [0.25, 0.3) is 0 Å². The molecule has 88 valence electrons. The molecule has 0 spiro atoms. The van der Waals surface area contributed by atoms with Crippen molar-refractivity contribution in [1.29, 1.82) is 5.26 Å². The average molecular weight is 226 g/mol. The van der Waals surface area contributed by atoms with E-state index < -0.39 is 0 Å². The highest BCUT2D eigenvalue weighted by Crippen LogP contribution is 2.34. The molecule has 1 aromatic rings. The van der Waals surface area contributed by atoms with Crippen LogP contribution in [0.3, 0.4) is 0 Å². The molecule has 0 radical (unpaired) electrons. The predicted molar refractivity (Wildman–Crippen MR) is 69.6 cm³/mol. The Balaban J connectivity index is 2.65. The first kappa shape index (κ1) is 11.7. The Kier molecular flexibility index (Phi) is 2.93. The summed E-state index contributed by atoms with van der Waals surface area (Å²) < 4.78 is 0. The molecule has 2 rings (SSSR count). The fourth-order valence-corrected chi connectivity index (χ4v) is 2.58. The monoisotopic (exact) mass is 226 g/mol. The van der Waals surface area contributed by atoms with Crippen molar-refractivity contribution < 1.29 is 0 Å². The normalized spacial score (nSPS) is 18.5. The van der Waals surface area contributed by atoms with E-state index in [0.29, 0.717) is 11.8 Å². The second-order valence-electron chi connectivity index (χ2n) is 5.11. The van der Waals surface area contributed by atoms with Gasteiger partial charge in [0, 0.05) is 18.0 Å². The smallest absolute Gasteiger partial charge is 0.0991 e. The Hall–Kier alpha value is -1.75. The zero-order valence-corrected chi connectivity index (χ0v) is 10.6. The van der Waals surface area contributed by atoms with E-state index in [0.717, 1.165) is 17.7 Å².